The van der Waals surface area contributed by atoms with Crippen LogP contribution in [0, 0.1) is 13.8 Å². The molecule has 1 aliphatic heterocycles. The van der Waals surface area contributed by atoms with Crippen LogP contribution in [-0.4, -0.2) is 17.4 Å². The van der Waals surface area contributed by atoms with Crippen molar-refractivity contribution in [2.24, 2.45) is 0 Å². The van der Waals surface area contributed by atoms with Gasteiger partial charge in [0, 0.05) is 11.6 Å². The van der Waals surface area contributed by atoms with Gasteiger partial charge >= 0.3 is 6.29 Å². The molecule has 0 saturated carbocycles. The number of alkyl halides is 2. The molecule has 31 heavy (non-hydrogen) atoms. The smallest absolute Gasteiger partial charge is 0.395 e. The molecule has 164 valence electrons. The molecule has 0 saturated heterocycles. The summed E-state index contributed by atoms with van der Waals surface area (Å²) in [5.74, 6) is 0.109. The number of rotatable bonds is 6. The number of nitrogens with zero attached hydrogens (tertiary/aromatic N) is 1. The van der Waals surface area contributed by atoms with E-state index >= 15 is 0 Å². The van der Waals surface area contributed by atoms with E-state index in [1.54, 1.807) is 26.0 Å². The zero-order valence-electron chi connectivity index (χ0n) is 18.0. The standard InChI is InChI=1S/C23H24F2N2O4/c1-7-16(17-11-19-18(10-13(17)4)29-23(24,25)30-19)9-8-14(5)26-22(28)20-15(6)27-31-21(20)12(2)3/h7-12H,5H2,1-4,6H3,(H,26,28)/b9-8-,16-7+. The minimum atomic E-state index is -3.67. The number of halogens is 2. The number of hydrogen-bond acceptors (Lipinski definition) is 5. The maximum atomic E-state index is 13.3. The third kappa shape index (κ3) is 4.68. The minimum absolute atomic E-state index is 0.00162. The molecule has 1 aliphatic rings. The second kappa shape index (κ2) is 8.37. The van der Waals surface area contributed by atoms with Crippen LogP contribution in [-0.2, 0) is 0 Å². The Hall–Kier alpha value is -3.42. The summed E-state index contributed by atoms with van der Waals surface area (Å²) in [4.78, 5) is 12.7. The van der Waals surface area contributed by atoms with Crippen LogP contribution in [0.1, 0.15) is 59.6 Å². The van der Waals surface area contributed by atoms with Gasteiger partial charge < -0.3 is 19.3 Å². The van der Waals surface area contributed by atoms with Gasteiger partial charge in [-0.05, 0) is 55.7 Å². The molecule has 0 spiro atoms. The SMILES string of the molecule is C=C(/C=C\C(=C/C)c1cc2c(cc1C)OC(F)(F)O2)NC(=O)c1c(C)noc1C(C)C. The molecule has 8 heteroatoms. The van der Waals surface area contributed by atoms with Gasteiger partial charge in [0.15, 0.2) is 17.3 Å². The van der Waals surface area contributed by atoms with Gasteiger partial charge in [0.2, 0.25) is 0 Å². The van der Waals surface area contributed by atoms with Gasteiger partial charge in [-0.25, -0.2) is 0 Å². The second-order valence-corrected chi connectivity index (χ2v) is 7.50. The molecule has 0 aliphatic carbocycles. The molecule has 1 aromatic heterocycles. The fourth-order valence-corrected chi connectivity index (χ4v) is 3.25. The summed E-state index contributed by atoms with van der Waals surface area (Å²) in [7, 11) is 0. The summed E-state index contributed by atoms with van der Waals surface area (Å²) >= 11 is 0. The van der Waals surface area contributed by atoms with E-state index < -0.39 is 6.29 Å². The molecule has 6 nitrogen and oxygen atoms in total. The van der Waals surface area contributed by atoms with Crippen LogP contribution < -0.4 is 14.8 Å². The van der Waals surface area contributed by atoms with E-state index in [1.807, 2.05) is 26.8 Å². The number of amides is 1. The van der Waals surface area contributed by atoms with Crippen LogP contribution >= 0.6 is 0 Å². The van der Waals surface area contributed by atoms with E-state index in [-0.39, 0.29) is 23.3 Å². The molecule has 0 fully saturated rings. The first kappa shape index (κ1) is 22.3. The Balaban J connectivity index is 1.76. The van der Waals surface area contributed by atoms with Crippen molar-refractivity contribution in [3.63, 3.8) is 0 Å². The Bertz CT molecular complexity index is 1100. The number of carbonyl (C=O) groups is 1. The van der Waals surface area contributed by atoms with Crippen LogP contribution in [0.15, 0.2) is 47.2 Å². The van der Waals surface area contributed by atoms with Crippen LogP contribution in [0.25, 0.3) is 5.57 Å². The van der Waals surface area contributed by atoms with Crippen molar-refractivity contribution in [2.75, 3.05) is 0 Å². The molecule has 0 atom stereocenters. The average molecular weight is 430 g/mol. The van der Waals surface area contributed by atoms with Crippen molar-refractivity contribution < 1.29 is 27.6 Å². The van der Waals surface area contributed by atoms with E-state index in [4.69, 9.17) is 4.52 Å². The molecule has 0 bridgehead atoms. The minimum Gasteiger partial charge on any atom is -0.395 e. The molecule has 2 aromatic rings. The van der Waals surface area contributed by atoms with Gasteiger partial charge in [-0.15, -0.1) is 8.78 Å². The van der Waals surface area contributed by atoms with Crippen molar-refractivity contribution in [3.05, 3.63) is 70.8 Å². The Morgan fingerprint density at radius 2 is 1.84 bits per heavy atom. The Morgan fingerprint density at radius 3 is 2.45 bits per heavy atom. The summed E-state index contributed by atoms with van der Waals surface area (Å²) in [6, 6.07) is 3.00. The normalized spacial score (nSPS) is 15.0. The van der Waals surface area contributed by atoms with Crippen LogP contribution in [0.2, 0.25) is 0 Å². The number of benzene rings is 1. The summed E-state index contributed by atoms with van der Waals surface area (Å²) in [5.41, 5.74) is 3.40. The maximum absolute atomic E-state index is 13.3. The average Bonchev–Trinajstić information content (AvgIpc) is 3.20. The predicted molar refractivity (Wildman–Crippen MR) is 112 cm³/mol. The van der Waals surface area contributed by atoms with Crippen LogP contribution in [0.5, 0.6) is 11.5 Å². The fourth-order valence-electron chi connectivity index (χ4n) is 3.25. The Labute approximate surface area is 179 Å². The quantitative estimate of drug-likeness (QED) is 0.601. The lowest BCUT2D eigenvalue weighted by Crippen LogP contribution is -2.25. The third-order valence-electron chi connectivity index (χ3n) is 4.75. The van der Waals surface area contributed by atoms with Crippen LogP contribution in [0.3, 0.4) is 0 Å². The van der Waals surface area contributed by atoms with Gasteiger partial charge in [0.05, 0.1) is 5.69 Å². The first-order valence-electron chi connectivity index (χ1n) is 9.74. The summed E-state index contributed by atoms with van der Waals surface area (Å²) in [5, 5.41) is 6.60. The zero-order chi connectivity index (χ0) is 22.9. The highest BCUT2D eigenvalue weighted by Gasteiger charge is 2.43. The summed E-state index contributed by atoms with van der Waals surface area (Å²) < 4.78 is 41.0. The highest BCUT2D eigenvalue weighted by Crippen LogP contribution is 2.43. The first-order chi connectivity index (χ1) is 14.5. The van der Waals surface area contributed by atoms with Crippen molar-refractivity contribution >= 4 is 11.5 Å². The van der Waals surface area contributed by atoms with Crippen molar-refractivity contribution in [2.45, 2.75) is 46.8 Å². The number of aryl methyl sites for hydroxylation is 2. The molecule has 0 unspecified atom stereocenters. The lowest BCUT2D eigenvalue weighted by Gasteiger charge is -2.09. The zero-order valence-corrected chi connectivity index (χ0v) is 18.0. The summed E-state index contributed by atoms with van der Waals surface area (Å²) in [6.07, 6.45) is 1.50. The van der Waals surface area contributed by atoms with Crippen molar-refractivity contribution in [3.8, 4) is 11.5 Å². The number of hydrogen-bond donors (Lipinski definition) is 1. The first-order valence-corrected chi connectivity index (χ1v) is 9.74. The number of allylic oxidation sites excluding steroid dienone is 4. The largest absolute Gasteiger partial charge is 0.586 e. The second-order valence-electron chi connectivity index (χ2n) is 7.50. The van der Waals surface area contributed by atoms with Crippen molar-refractivity contribution in [1.82, 2.24) is 10.5 Å². The summed E-state index contributed by atoms with van der Waals surface area (Å²) in [6.45, 7) is 13.0. The molecule has 1 aromatic carbocycles. The van der Waals surface area contributed by atoms with Crippen molar-refractivity contribution in [1.29, 1.82) is 0 Å². The number of carbonyl (C=O) groups excluding carboxylic acids is 1. The fraction of sp³-hybridized carbons (Fsp3) is 0.304. The lowest BCUT2D eigenvalue weighted by molar-refractivity contribution is -0.286. The van der Waals surface area contributed by atoms with Gasteiger partial charge in [-0.3, -0.25) is 4.79 Å². The topological polar surface area (TPSA) is 73.6 Å². The predicted octanol–water partition coefficient (Wildman–Crippen LogP) is 5.64. The third-order valence-corrected chi connectivity index (χ3v) is 4.75. The van der Waals surface area contributed by atoms with E-state index in [9.17, 15) is 13.6 Å². The Morgan fingerprint density at radius 1 is 1.19 bits per heavy atom. The lowest BCUT2D eigenvalue weighted by atomic mass is 9.99. The Kier molecular flexibility index (Phi) is 6.01. The highest BCUT2D eigenvalue weighted by molar-refractivity contribution is 5.97. The number of aromatic nitrogens is 1. The number of fused-ring (bicyclic) bond motifs is 1. The van der Waals surface area contributed by atoms with E-state index in [0.29, 0.717) is 28.3 Å². The van der Waals surface area contributed by atoms with Gasteiger partial charge in [-0.2, -0.15) is 0 Å². The molecular formula is C23H24F2N2O4. The molecule has 3 rings (SSSR count). The van der Waals surface area contributed by atoms with Gasteiger partial charge in [0.1, 0.15) is 5.56 Å². The monoisotopic (exact) mass is 430 g/mol. The molecule has 1 N–H and O–H groups in total. The van der Waals surface area contributed by atoms with E-state index in [0.717, 1.165) is 11.1 Å². The number of ether oxygens (including phenoxy) is 2. The number of nitrogens with one attached hydrogen (secondary N) is 1. The van der Waals surface area contributed by atoms with E-state index in [2.05, 4.69) is 26.5 Å². The molecular weight excluding hydrogens is 406 g/mol. The van der Waals surface area contributed by atoms with Crippen LogP contribution in [0.4, 0.5) is 8.78 Å². The molecule has 2 heterocycles. The van der Waals surface area contributed by atoms with Gasteiger partial charge in [0.25, 0.3) is 5.91 Å². The maximum Gasteiger partial charge on any atom is 0.586 e. The van der Waals surface area contributed by atoms with Gasteiger partial charge in [-0.1, -0.05) is 37.7 Å². The molecule has 0 radical (unpaired) electrons. The molecule has 1 amide bonds. The van der Waals surface area contributed by atoms with E-state index in [1.165, 1.54) is 12.1 Å². The highest BCUT2D eigenvalue weighted by atomic mass is 19.3.